The van der Waals surface area contributed by atoms with E-state index in [4.69, 9.17) is 5.26 Å². The van der Waals surface area contributed by atoms with E-state index in [-0.39, 0.29) is 29.4 Å². The summed E-state index contributed by atoms with van der Waals surface area (Å²) in [5.41, 5.74) is 1.35. The van der Waals surface area contributed by atoms with Crippen molar-refractivity contribution in [1.82, 2.24) is 0 Å². The lowest BCUT2D eigenvalue weighted by Crippen LogP contribution is -2.06. The van der Waals surface area contributed by atoms with Crippen molar-refractivity contribution in [3.8, 4) is 6.07 Å². The average Bonchev–Trinajstić information content (AvgIpc) is 2.65. The molecule has 1 N–H and O–H groups in total. The molecule has 1 amide bonds. The lowest BCUT2D eigenvalue weighted by atomic mass is 10.2. The molecule has 0 fully saturated rings. The first-order chi connectivity index (χ1) is 8.03. The lowest BCUT2D eigenvalue weighted by molar-refractivity contribution is -0.115. The minimum Gasteiger partial charge on any atom is -0.326 e. The van der Waals surface area contributed by atoms with E-state index < -0.39 is 9.84 Å². The Bertz CT molecular complexity index is 614. The number of hydrogen-bond acceptors (Lipinski definition) is 4. The Balaban J connectivity index is 2.34. The largest absolute Gasteiger partial charge is 0.326 e. The summed E-state index contributed by atoms with van der Waals surface area (Å²) in [6.07, 6.45) is 0.174. The highest BCUT2D eigenvalue weighted by molar-refractivity contribution is 7.91. The molecule has 2 rings (SSSR count). The Kier molecular flexibility index (Phi) is 2.86. The van der Waals surface area contributed by atoms with E-state index in [1.807, 2.05) is 6.07 Å². The lowest BCUT2D eigenvalue weighted by Gasteiger charge is -2.04. The zero-order valence-electron chi connectivity index (χ0n) is 8.93. The van der Waals surface area contributed by atoms with E-state index in [0.29, 0.717) is 11.3 Å². The highest BCUT2D eigenvalue weighted by atomic mass is 32.2. The fourth-order valence-corrected chi connectivity index (χ4v) is 2.89. The molecule has 1 aliphatic rings. The number of sulfone groups is 1. The van der Waals surface area contributed by atoms with Crippen molar-refractivity contribution >= 4 is 21.4 Å². The first-order valence-corrected chi connectivity index (χ1v) is 6.70. The summed E-state index contributed by atoms with van der Waals surface area (Å²) in [5, 5.41) is 11.0. The third kappa shape index (κ3) is 2.29. The number of fused-ring (bicyclic) bond motifs is 1. The Morgan fingerprint density at radius 1 is 1.41 bits per heavy atom. The maximum Gasteiger partial charge on any atom is 0.228 e. The normalized spacial score (nSPS) is 13.9. The first kappa shape index (κ1) is 11.6. The Hall–Kier alpha value is -1.87. The second kappa shape index (κ2) is 4.18. The molecule has 1 heterocycles. The van der Waals surface area contributed by atoms with Crippen molar-refractivity contribution in [3.05, 3.63) is 23.8 Å². The molecule has 0 bridgehead atoms. The van der Waals surface area contributed by atoms with Crippen LogP contribution in [0.3, 0.4) is 0 Å². The molecule has 1 aromatic rings. The van der Waals surface area contributed by atoms with Gasteiger partial charge in [-0.05, 0) is 23.8 Å². The van der Waals surface area contributed by atoms with Crippen molar-refractivity contribution in [2.45, 2.75) is 17.7 Å². The van der Waals surface area contributed by atoms with Crippen LogP contribution in [0.5, 0.6) is 0 Å². The standard InChI is InChI=1S/C11H10N2O3S/c12-4-1-5-17(15,16)9-2-3-10-8(6-9)7-11(14)13-10/h2-3,6H,1,5,7H2,(H,13,14). The molecule has 88 valence electrons. The van der Waals surface area contributed by atoms with E-state index in [0.717, 1.165) is 0 Å². The Morgan fingerprint density at radius 2 is 2.18 bits per heavy atom. The molecule has 0 saturated heterocycles. The van der Waals surface area contributed by atoms with Crippen LogP contribution in [-0.4, -0.2) is 20.1 Å². The van der Waals surface area contributed by atoms with Crippen LogP contribution in [0.2, 0.25) is 0 Å². The van der Waals surface area contributed by atoms with Crippen LogP contribution in [0.4, 0.5) is 5.69 Å². The molecule has 1 aliphatic heterocycles. The summed E-state index contributed by atoms with van der Waals surface area (Å²) in [6.45, 7) is 0. The van der Waals surface area contributed by atoms with E-state index >= 15 is 0 Å². The minimum atomic E-state index is -3.42. The van der Waals surface area contributed by atoms with Gasteiger partial charge in [0.2, 0.25) is 5.91 Å². The number of benzene rings is 1. The molecule has 0 aromatic heterocycles. The molecule has 0 atom stereocenters. The smallest absolute Gasteiger partial charge is 0.228 e. The monoisotopic (exact) mass is 250 g/mol. The van der Waals surface area contributed by atoms with Gasteiger partial charge in [-0.1, -0.05) is 0 Å². The van der Waals surface area contributed by atoms with Gasteiger partial charge in [-0.15, -0.1) is 0 Å². The summed E-state index contributed by atoms with van der Waals surface area (Å²) in [7, 11) is -3.42. The number of nitriles is 1. The molecule has 0 spiro atoms. The SMILES string of the molecule is N#CCCS(=O)(=O)c1ccc2c(c1)CC(=O)N2. The number of amides is 1. The number of nitrogens with zero attached hydrogens (tertiary/aromatic N) is 1. The Morgan fingerprint density at radius 3 is 2.88 bits per heavy atom. The van der Waals surface area contributed by atoms with E-state index in [9.17, 15) is 13.2 Å². The van der Waals surface area contributed by atoms with Gasteiger partial charge in [0.1, 0.15) is 0 Å². The predicted octanol–water partition coefficient (Wildman–Crippen LogP) is 0.869. The molecule has 5 nitrogen and oxygen atoms in total. The van der Waals surface area contributed by atoms with Gasteiger partial charge >= 0.3 is 0 Å². The zero-order chi connectivity index (χ0) is 12.5. The van der Waals surface area contributed by atoms with Crippen LogP contribution < -0.4 is 5.32 Å². The molecule has 1 aromatic carbocycles. The third-order valence-corrected chi connectivity index (χ3v) is 4.26. The number of carbonyl (C=O) groups excluding carboxylic acids is 1. The number of nitrogens with one attached hydrogen (secondary N) is 1. The number of hydrogen-bond donors (Lipinski definition) is 1. The molecule has 0 radical (unpaired) electrons. The van der Waals surface area contributed by atoms with Crippen LogP contribution >= 0.6 is 0 Å². The highest BCUT2D eigenvalue weighted by Gasteiger charge is 2.21. The minimum absolute atomic E-state index is 0.0312. The van der Waals surface area contributed by atoms with Crippen LogP contribution in [0, 0.1) is 11.3 Å². The van der Waals surface area contributed by atoms with Gasteiger partial charge in [-0.25, -0.2) is 8.42 Å². The predicted molar refractivity (Wildman–Crippen MR) is 61.1 cm³/mol. The van der Waals surface area contributed by atoms with Crippen LogP contribution in [0.25, 0.3) is 0 Å². The molecule has 6 heteroatoms. The molecule has 0 saturated carbocycles. The number of anilines is 1. The third-order valence-electron chi connectivity index (χ3n) is 2.54. The van der Waals surface area contributed by atoms with Gasteiger partial charge in [0.25, 0.3) is 0 Å². The molecule has 0 aliphatic carbocycles. The van der Waals surface area contributed by atoms with Crippen molar-refractivity contribution in [1.29, 1.82) is 5.26 Å². The zero-order valence-corrected chi connectivity index (χ0v) is 9.75. The van der Waals surface area contributed by atoms with Crippen molar-refractivity contribution in [2.75, 3.05) is 11.1 Å². The van der Waals surface area contributed by atoms with Crippen molar-refractivity contribution in [3.63, 3.8) is 0 Å². The van der Waals surface area contributed by atoms with Gasteiger partial charge < -0.3 is 5.32 Å². The van der Waals surface area contributed by atoms with Crippen LogP contribution in [-0.2, 0) is 21.1 Å². The number of rotatable bonds is 3. The summed E-state index contributed by atoms with van der Waals surface area (Å²) in [4.78, 5) is 11.3. The Labute approximate surface area is 99.0 Å². The van der Waals surface area contributed by atoms with Crippen molar-refractivity contribution < 1.29 is 13.2 Å². The number of carbonyl (C=O) groups is 1. The van der Waals surface area contributed by atoms with Gasteiger partial charge in [-0.3, -0.25) is 4.79 Å². The van der Waals surface area contributed by atoms with Gasteiger partial charge in [0.15, 0.2) is 9.84 Å². The van der Waals surface area contributed by atoms with Gasteiger partial charge in [0.05, 0.1) is 23.1 Å². The van der Waals surface area contributed by atoms with Gasteiger partial charge in [-0.2, -0.15) is 5.26 Å². The maximum atomic E-state index is 11.8. The van der Waals surface area contributed by atoms with E-state index in [1.54, 1.807) is 6.07 Å². The quantitative estimate of drug-likeness (QED) is 0.862. The molecular formula is C11H10N2O3S. The second-order valence-electron chi connectivity index (χ2n) is 3.77. The topological polar surface area (TPSA) is 87.0 Å². The summed E-state index contributed by atoms with van der Waals surface area (Å²) < 4.78 is 23.6. The fourth-order valence-electron chi connectivity index (χ4n) is 1.70. The summed E-state index contributed by atoms with van der Waals surface area (Å²) in [6, 6.07) is 6.35. The first-order valence-electron chi connectivity index (χ1n) is 5.05. The maximum absolute atomic E-state index is 11.8. The molecular weight excluding hydrogens is 240 g/mol. The highest BCUT2D eigenvalue weighted by Crippen LogP contribution is 2.26. The van der Waals surface area contributed by atoms with Crippen LogP contribution in [0.15, 0.2) is 23.1 Å². The van der Waals surface area contributed by atoms with Gasteiger partial charge in [0, 0.05) is 12.1 Å². The fraction of sp³-hybridized carbons (Fsp3) is 0.273. The van der Waals surface area contributed by atoms with Crippen molar-refractivity contribution in [2.24, 2.45) is 0 Å². The molecule has 0 unspecified atom stereocenters. The summed E-state index contributed by atoms with van der Waals surface area (Å²) in [5.74, 6) is -0.324. The van der Waals surface area contributed by atoms with E-state index in [2.05, 4.69) is 5.32 Å². The van der Waals surface area contributed by atoms with Crippen LogP contribution in [0.1, 0.15) is 12.0 Å². The molecule has 17 heavy (non-hydrogen) atoms. The second-order valence-corrected chi connectivity index (χ2v) is 5.88. The average molecular weight is 250 g/mol. The summed E-state index contributed by atoms with van der Waals surface area (Å²) >= 11 is 0. The van der Waals surface area contributed by atoms with E-state index in [1.165, 1.54) is 12.1 Å².